The van der Waals surface area contributed by atoms with Gasteiger partial charge < -0.3 is 9.64 Å². The van der Waals surface area contributed by atoms with Crippen LogP contribution in [0.25, 0.3) is 0 Å². The van der Waals surface area contributed by atoms with Crippen molar-refractivity contribution in [1.82, 2.24) is 15.1 Å². The lowest BCUT2D eigenvalue weighted by atomic mass is 10.2. The van der Waals surface area contributed by atoms with Crippen molar-refractivity contribution < 1.29 is 4.74 Å². The van der Waals surface area contributed by atoms with Crippen LogP contribution < -0.4 is 4.74 Å². The van der Waals surface area contributed by atoms with Gasteiger partial charge >= 0.3 is 0 Å². The van der Waals surface area contributed by atoms with Gasteiger partial charge in [0, 0.05) is 6.04 Å². The number of hydrogen-bond donors (Lipinski definition) is 0. The Balaban J connectivity index is 1.99. The second kappa shape index (κ2) is 4.45. The van der Waals surface area contributed by atoms with Gasteiger partial charge in [0.1, 0.15) is 11.1 Å². The maximum absolute atomic E-state index is 5.87. The van der Waals surface area contributed by atoms with E-state index in [9.17, 15) is 0 Å². The molecule has 0 N–H and O–H groups in total. The van der Waals surface area contributed by atoms with Crippen LogP contribution in [0.3, 0.4) is 0 Å². The van der Waals surface area contributed by atoms with Crippen molar-refractivity contribution in [2.75, 3.05) is 14.1 Å². The van der Waals surface area contributed by atoms with Gasteiger partial charge in [-0.1, -0.05) is 11.3 Å². The number of ether oxygens (including phenoxy) is 1. The topological polar surface area (TPSA) is 38.3 Å². The van der Waals surface area contributed by atoms with E-state index in [-0.39, 0.29) is 6.10 Å². The molecule has 0 saturated heterocycles. The first-order valence-electron chi connectivity index (χ1n) is 5.30. The first kappa shape index (κ1) is 10.8. The second-order valence-corrected chi connectivity index (χ2v) is 5.35. The minimum absolute atomic E-state index is 0.285. The fraction of sp³-hybridized carbons (Fsp3) is 0.800. The van der Waals surface area contributed by atoms with Gasteiger partial charge in [-0.15, -0.1) is 10.2 Å². The average Bonchev–Trinajstić information content (AvgIpc) is 2.75. The van der Waals surface area contributed by atoms with Crippen LogP contribution >= 0.6 is 11.3 Å². The third-order valence-electron chi connectivity index (χ3n) is 2.84. The molecule has 0 amide bonds. The Morgan fingerprint density at radius 3 is 2.73 bits per heavy atom. The van der Waals surface area contributed by atoms with Gasteiger partial charge in [0.25, 0.3) is 5.19 Å². The number of likely N-dealkylation sites (N-methyl/N-ethyl adjacent to an activating group) is 1. The molecular formula is C10H17N3OS. The van der Waals surface area contributed by atoms with Crippen LogP contribution in [0.5, 0.6) is 5.19 Å². The Morgan fingerprint density at radius 2 is 2.13 bits per heavy atom. The van der Waals surface area contributed by atoms with Crippen LogP contribution in [0.1, 0.15) is 24.3 Å². The summed E-state index contributed by atoms with van der Waals surface area (Å²) in [7, 11) is 4.22. The maximum Gasteiger partial charge on any atom is 0.294 e. The van der Waals surface area contributed by atoms with Crippen molar-refractivity contribution in [1.29, 1.82) is 0 Å². The van der Waals surface area contributed by atoms with E-state index >= 15 is 0 Å². The zero-order valence-electron chi connectivity index (χ0n) is 9.43. The van der Waals surface area contributed by atoms with E-state index in [1.165, 1.54) is 24.2 Å². The molecule has 1 aromatic rings. The Morgan fingerprint density at radius 1 is 1.33 bits per heavy atom. The summed E-state index contributed by atoms with van der Waals surface area (Å²) in [6.45, 7) is 1.95. The molecule has 1 heterocycles. The lowest BCUT2D eigenvalue weighted by Crippen LogP contribution is -2.38. The number of hydrogen-bond acceptors (Lipinski definition) is 5. The van der Waals surface area contributed by atoms with Crippen molar-refractivity contribution in [2.45, 2.75) is 38.3 Å². The van der Waals surface area contributed by atoms with Crippen molar-refractivity contribution in [3.63, 3.8) is 0 Å². The first-order chi connectivity index (χ1) is 7.16. The standard InChI is InChI=1S/C10H17N3OS/c1-7-11-12-10(15-7)14-9-6-4-5-8(9)13(2)3/h8-9H,4-6H2,1-3H3. The van der Waals surface area contributed by atoms with Gasteiger partial charge in [0.05, 0.1) is 0 Å². The fourth-order valence-corrected chi connectivity index (χ4v) is 2.68. The van der Waals surface area contributed by atoms with Crippen LogP contribution in [-0.2, 0) is 0 Å². The average molecular weight is 227 g/mol. The highest BCUT2D eigenvalue weighted by Crippen LogP contribution is 2.28. The summed E-state index contributed by atoms with van der Waals surface area (Å²) in [4.78, 5) is 2.24. The lowest BCUT2D eigenvalue weighted by Gasteiger charge is -2.25. The van der Waals surface area contributed by atoms with E-state index in [1.54, 1.807) is 0 Å². The third-order valence-corrected chi connectivity index (χ3v) is 3.57. The molecule has 1 aliphatic rings. The van der Waals surface area contributed by atoms with E-state index in [0.29, 0.717) is 11.2 Å². The minimum Gasteiger partial charge on any atom is -0.464 e. The Hall–Kier alpha value is -0.680. The molecule has 1 saturated carbocycles. The van der Waals surface area contributed by atoms with Crippen LogP contribution in [0.2, 0.25) is 0 Å². The van der Waals surface area contributed by atoms with E-state index in [0.717, 1.165) is 11.4 Å². The monoisotopic (exact) mass is 227 g/mol. The summed E-state index contributed by atoms with van der Waals surface area (Å²) in [5.41, 5.74) is 0. The molecule has 0 radical (unpaired) electrons. The van der Waals surface area contributed by atoms with Crippen molar-refractivity contribution in [3.05, 3.63) is 5.01 Å². The maximum atomic E-state index is 5.87. The van der Waals surface area contributed by atoms with Crippen molar-refractivity contribution >= 4 is 11.3 Å². The number of aryl methyl sites for hydroxylation is 1. The highest BCUT2D eigenvalue weighted by atomic mass is 32.1. The van der Waals surface area contributed by atoms with E-state index in [2.05, 4.69) is 29.2 Å². The van der Waals surface area contributed by atoms with Crippen LogP contribution in [0.15, 0.2) is 0 Å². The van der Waals surface area contributed by atoms with Crippen LogP contribution in [0.4, 0.5) is 0 Å². The van der Waals surface area contributed by atoms with E-state index in [4.69, 9.17) is 4.74 Å². The zero-order chi connectivity index (χ0) is 10.8. The van der Waals surface area contributed by atoms with Gasteiger partial charge in [-0.25, -0.2) is 0 Å². The molecule has 2 unspecified atom stereocenters. The third kappa shape index (κ3) is 2.46. The Bertz CT molecular complexity index is 326. The van der Waals surface area contributed by atoms with Gasteiger partial charge in [-0.05, 0) is 40.3 Å². The fourth-order valence-electron chi connectivity index (χ4n) is 2.09. The normalized spacial score (nSPS) is 26.1. The first-order valence-corrected chi connectivity index (χ1v) is 6.11. The van der Waals surface area contributed by atoms with Crippen LogP contribution in [-0.4, -0.2) is 41.3 Å². The van der Waals surface area contributed by atoms with Crippen molar-refractivity contribution in [2.24, 2.45) is 0 Å². The molecule has 84 valence electrons. The molecule has 2 atom stereocenters. The Labute approximate surface area is 94.3 Å². The molecule has 4 nitrogen and oxygen atoms in total. The summed E-state index contributed by atoms with van der Waals surface area (Å²) in [5, 5.41) is 9.64. The minimum atomic E-state index is 0.285. The van der Waals surface area contributed by atoms with Gasteiger partial charge in [0.15, 0.2) is 0 Å². The molecule has 0 aromatic carbocycles. The summed E-state index contributed by atoms with van der Waals surface area (Å²) < 4.78 is 5.87. The largest absolute Gasteiger partial charge is 0.464 e. The number of aromatic nitrogens is 2. The quantitative estimate of drug-likeness (QED) is 0.788. The molecule has 1 aliphatic carbocycles. The molecule has 1 fully saturated rings. The second-order valence-electron chi connectivity index (χ2n) is 4.21. The molecule has 5 heteroatoms. The smallest absolute Gasteiger partial charge is 0.294 e. The highest BCUT2D eigenvalue weighted by Gasteiger charge is 2.31. The molecule has 2 rings (SSSR count). The predicted octanol–water partition coefficient (Wildman–Crippen LogP) is 1.71. The molecule has 1 aromatic heterocycles. The predicted molar refractivity (Wildman–Crippen MR) is 60.4 cm³/mol. The lowest BCUT2D eigenvalue weighted by molar-refractivity contribution is 0.120. The van der Waals surface area contributed by atoms with Gasteiger partial charge in [0.2, 0.25) is 0 Å². The zero-order valence-corrected chi connectivity index (χ0v) is 10.3. The van der Waals surface area contributed by atoms with E-state index in [1.807, 2.05) is 6.92 Å². The molecule has 15 heavy (non-hydrogen) atoms. The van der Waals surface area contributed by atoms with Gasteiger partial charge in [-0.3, -0.25) is 0 Å². The molecular weight excluding hydrogens is 210 g/mol. The molecule has 0 bridgehead atoms. The van der Waals surface area contributed by atoms with Gasteiger partial charge in [-0.2, -0.15) is 0 Å². The van der Waals surface area contributed by atoms with E-state index < -0.39 is 0 Å². The summed E-state index contributed by atoms with van der Waals surface area (Å²) in [6, 6.07) is 0.522. The molecule has 0 aliphatic heterocycles. The summed E-state index contributed by atoms with van der Waals surface area (Å²) in [6.07, 6.45) is 3.87. The summed E-state index contributed by atoms with van der Waals surface area (Å²) in [5.74, 6) is 0. The van der Waals surface area contributed by atoms with Crippen molar-refractivity contribution in [3.8, 4) is 5.19 Å². The SMILES string of the molecule is Cc1nnc(OC2CCCC2N(C)C)s1. The summed E-state index contributed by atoms with van der Waals surface area (Å²) >= 11 is 1.53. The molecule has 0 spiro atoms. The Kier molecular flexibility index (Phi) is 3.21. The number of rotatable bonds is 3. The van der Waals surface area contributed by atoms with Crippen LogP contribution in [0, 0.1) is 6.92 Å². The highest BCUT2D eigenvalue weighted by molar-refractivity contribution is 7.12. The number of nitrogens with zero attached hydrogens (tertiary/aromatic N) is 3.